The van der Waals surface area contributed by atoms with Gasteiger partial charge in [-0.1, -0.05) is 110 Å². The van der Waals surface area contributed by atoms with Crippen LogP contribution in [-0.4, -0.2) is 23.0 Å². The largest absolute Gasteiger partial charge is 0.361 e. The second-order valence-electron chi connectivity index (χ2n) is 10.7. The Balaban J connectivity index is 0.00000176. The van der Waals surface area contributed by atoms with E-state index in [4.69, 9.17) is 0 Å². The summed E-state index contributed by atoms with van der Waals surface area (Å²) in [6, 6.07) is 18.9. The number of benzene rings is 2. The van der Waals surface area contributed by atoms with Gasteiger partial charge >= 0.3 is 0 Å². The Morgan fingerprint density at radius 2 is 1.61 bits per heavy atom. The molecule has 0 aromatic heterocycles. The predicted octanol–water partition coefficient (Wildman–Crippen LogP) is 8.05. The van der Waals surface area contributed by atoms with Crippen LogP contribution in [0.5, 0.6) is 0 Å². The number of hydrogen-bond acceptors (Lipinski definition) is 2. The van der Waals surface area contributed by atoms with Gasteiger partial charge < -0.3 is 10.2 Å². The number of fused-ring (bicyclic) bond motifs is 1. The lowest BCUT2D eigenvalue weighted by atomic mass is 9.83. The minimum absolute atomic E-state index is 0.232. The Kier molecular flexibility index (Phi) is 10.2. The average molecular weight is 485 g/mol. The third-order valence-electron chi connectivity index (χ3n) is 7.74. The van der Waals surface area contributed by atoms with Crippen LogP contribution in [0, 0.1) is 11.8 Å². The molecule has 0 bridgehead atoms. The summed E-state index contributed by atoms with van der Waals surface area (Å²) in [4.78, 5) is 2.68. The van der Waals surface area contributed by atoms with Crippen molar-refractivity contribution in [2.75, 3.05) is 0 Å². The fourth-order valence-electron chi connectivity index (χ4n) is 6.12. The van der Waals surface area contributed by atoms with Gasteiger partial charge in [0.05, 0.1) is 12.1 Å². The molecule has 2 heteroatoms. The van der Waals surface area contributed by atoms with E-state index < -0.39 is 0 Å². The Bertz CT molecular complexity index is 1030. The first-order valence-corrected chi connectivity index (χ1v) is 14.2. The zero-order valence-corrected chi connectivity index (χ0v) is 23.7. The lowest BCUT2D eigenvalue weighted by molar-refractivity contribution is 0.115. The lowest BCUT2D eigenvalue weighted by Gasteiger charge is -2.50. The quantitative estimate of drug-likeness (QED) is 0.400. The first-order valence-electron chi connectivity index (χ1n) is 14.2. The minimum Gasteiger partial charge on any atom is -0.361 e. The smallest absolute Gasteiger partial charge is 0.0703 e. The van der Waals surface area contributed by atoms with E-state index in [1.54, 1.807) is 0 Å². The van der Waals surface area contributed by atoms with Crippen molar-refractivity contribution in [1.82, 2.24) is 10.2 Å². The van der Waals surface area contributed by atoms with Gasteiger partial charge in [-0.05, 0) is 65.3 Å². The van der Waals surface area contributed by atoms with E-state index in [-0.39, 0.29) is 6.04 Å². The van der Waals surface area contributed by atoms with Crippen LogP contribution >= 0.6 is 0 Å². The van der Waals surface area contributed by atoms with Crippen LogP contribution < -0.4 is 5.32 Å². The summed E-state index contributed by atoms with van der Waals surface area (Å²) in [7, 11) is 0. The summed E-state index contributed by atoms with van der Waals surface area (Å²) in [6.07, 6.45) is 8.00. The molecule has 0 spiro atoms. The summed E-state index contributed by atoms with van der Waals surface area (Å²) >= 11 is 0. The van der Waals surface area contributed by atoms with E-state index in [1.807, 2.05) is 13.8 Å². The van der Waals surface area contributed by atoms with E-state index in [2.05, 4.69) is 118 Å². The van der Waals surface area contributed by atoms with Gasteiger partial charge in [0.25, 0.3) is 0 Å². The van der Waals surface area contributed by atoms with Crippen LogP contribution in [0.1, 0.15) is 83.1 Å². The first-order chi connectivity index (χ1) is 17.4. The summed E-state index contributed by atoms with van der Waals surface area (Å²) < 4.78 is 0. The molecule has 1 heterocycles. The molecule has 1 N–H and O–H groups in total. The summed E-state index contributed by atoms with van der Waals surface area (Å²) in [5.41, 5.74) is 10.5. The second kappa shape index (κ2) is 13.1. The van der Waals surface area contributed by atoms with Gasteiger partial charge in [-0.15, -0.1) is 5.73 Å². The van der Waals surface area contributed by atoms with Crippen LogP contribution in [0.4, 0.5) is 0 Å². The molecule has 2 nitrogen and oxygen atoms in total. The maximum Gasteiger partial charge on any atom is 0.0703 e. The summed E-state index contributed by atoms with van der Waals surface area (Å²) in [5, 5.41) is 4.14. The number of rotatable bonds is 7. The molecule has 0 amide bonds. The Labute approximate surface area is 221 Å². The van der Waals surface area contributed by atoms with Crippen molar-refractivity contribution in [3.05, 3.63) is 101 Å². The molecule has 1 fully saturated rings. The first kappa shape index (κ1) is 28.0. The average Bonchev–Trinajstić information content (AvgIpc) is 3.31. The number of nitrogens with zero attached hydrogens (tertiary/aromatic N) is 1. The van der Waals surface area contributed by atoms with Crippen molar-refractivity contribution in [3.8, 4) is 0 Å². The zero-order chi connectivity index (χ0) is 26.2. The molecule has 2 aromatic rings. The topological polar surface area (TPSA) is 15.3 Å². The lowest BCUT2D eigenvalue weighted by Crippen LogP contribution is -2.63. The Hall–Kier alpha value is -2.54. The highest BCUT2D eigenvalue weighted by Crippen LogP contribution is 2.38. The van der Waals surface area contributed by atoms with Crippen molar-refractivity contribution in [1.29, 1.82) is 0 Å². The van der Waals surface area contributed by atoms with Crippen LogP contribution in [-0.2, 0) is 19.4 Å². The van der Waals surface area contributed by atoms with E-state index >= 15 is 0 Å². The van der Waals surface area contributed by atoms with Crippen molar-refractivity contribution in [2.45, 2.75) is 98.3 Å². The van der Waals surface area contributed by atoms with E-state index in [0.29, 0.717) is 29.8 Å². The van der Waals surface area contributed by atoms with Crippen molar-refractivity contribution in [3.63, 3.8) is 0 Å². The van der Waals surface area contributed by atoms with Crippen LogP contribution in [0.25, 0.3) is 0 Å². The van der Waals surface area contributed by atoms with Crippen LogP contribution in [0.3, 0.4) is 0 Å². The SMILES string of the molecule is C=C=CC1C(C(C)C)NC(C2Cc3ccccc3C2)C(=CCC)N1Cc1ccccc1C(C)C.CC. The highest BCUT2D eigenvalue weighted by molar-refractivity contribution is 5.36. The molecule has 194 valence electrons. The van der Waals surface area contributed by atoms with Gasteiger partial charge in [-0.25, -0.2) is 0 Å². The third-order valence-corrected chi connectivity index (χ3v) is 7.74. The molecule has 1 saturated heterocycles. The molecule has 3 unspecified atom stereocenters. The van der Waals surface area contributed by atoms with Crippen molar-refractivity contribution in [2.24, 2.45) is 11.8 Å². The molecule has 2 aliphatic rings. The number of allylic oxidation sites excluding steroid dienone is 1. The molecule has 0 radical (unpaired) electrons. The highest BCUT2D eigenvalue weighted by atomic mass is 15.3. The number of nitrogens with one attached hydrogen (secondary N) is 1. The van der Waals surface area contributed by atoms with Crippen LogP contribution in [0.2, 0.25) is 0 Å². The van der Waals surface area contributed by atoms with Gasteiger partial charge in [0, 0.05) is 18.3 Å². The maximum absolute atomic E-state index is 4.14. The molecule has 36 heavy (non-hydrogen) atoms. The molecular formula is C34H48N2. The van der Waals surface area contributed by atoms with Gasteiger partial charge in [-0.3, -0.25) is 0 Å². The second-order valence-corrected chi connectivity index (χ2v) is 10.7. The molecule has 0 saturated carbocycles. The zero-order valence-electron chi connectivity index (χ0n) is 23.7. The molecule has 1 aliphatic heterocycles. The van der Waals surface area contributed by atoms with E-state index in [9.17, 15) is 0 Å². The van der Waals surface area contributed by atoms with Crippen molar-refractivity contribution >= 4 is 0 Å². The molecule has 1 aliphatic carbocycles. The maximum atomic E-state index is 4.14. The number of hydrogen-bond donors (Lipinski definition) is 1. The summed E-state index contributed by atoms with van der Waals surface area (Å²) in [5.74, 6) is 1.59. The Morgan fingerprint density at radius 3 is 2.17 bits per heavy atom. The molecule has 3 atom stereocenters. The fourth-order valence-corrected chi connectivity index (χ4v) is 6.12. The minimum atomic E-state index is 0.232. The van der Waals surface area contributed by atoms with Gasteiger partial charge in [-0.2, -0.15) is 0 Å². The third kappa shape index (κ3) is 6.05. The molecule has 4 rings (SSSR count). The predicted molar refractivity (Wildman–Crippen MR) is 156 cm³/mol. The summed E-state index contributed by atoms with van der Waals surface area (Å²) in [6.45, 7) is 20.5. The van der Waals surface area contributed by atoms with Crippen LogP contribution in [0.15, 0.2) is 78.7 Å². The van der Waals surface area contributed by atoms with Gasteiger partial charge in [0.1, 0.15) is 0 Å². The fraction of sp³-hybridized carbons (Fsp3) is 0.500. The van der Waals surface area contributed by atoms with E-state index in [0.717, 1.165) is 25.8 Å². The molecule has 2 aromatic carbocycles. The monoisotopic (exact) mass is 484 g/mol. The number of piperazine rings is 1. The normalized spacial score (nSPS) is 22.9. The van der Waals surface area contributed by atoms with Gasteiger partial charge in [0.2, 0.25) is 0 Å². The van der Waals surface area contributed by atoms with Crippen molar-refractivity contribution < 1.29 is 0 Å². The van der Waals surface area contributed by atoms with E-state index in [1.165, 1.54) is 28.0 Å². The van der Waals surface area contributed by atoms with Gasteiger partial charge in [0.15, 0.2) is 0 Å². The Morgan fingerprint density at radius 1 is 1.00 bits per heavy atom. The standard InChI is InChI=1S/C32H42N2.C2H6/c1-7-13-29-31(23(5)6)33-32(27-19-24-15-9-10-16-25(24)20-27)30(14-8-2)34(29)21-26-17-11-12-18-28(26)22(3)4;1-2/h9-18,22-23,27,29,31-33H,1,8,19-21H2,2-6H3;1-2H3. The molecular weight excluding hydrogens is 436 g/mol. The highest BCUT2D eigenvalue weighted by Gasteiger charge is 2.43.